The Kier molecular flexibility index (Phi) is 3.93. The quantitative estimate of drug-likeness (QED) is 0.410. The Hall–Kier alpha value is -0.180. The van der Waals surface area contributed by atoms with Crippen LogP contribution in [0.2, 0.25) is 0 Å². The fourth-order valence-corrected chi connectivity index (χ4v) is 0.837. The fourth-order valence-electron chi connectivity index (χ4n) is 0.583. The van der Waals surface area contributed by atoms with Crippen molar-refractivity contribution in [2.75, 3.05) is 0 Å². The smallest absolute Gasteiger partial charge is 0.266 e. The van der Waals surface area contributed by atoms with Crippen molar-refractivity contribution in [1.82, 2.24) is 5.32 Å². The third-order valence-corrected chi connectivity index (χ3v) is 1.91. The van der Waals surface area contributed by atoms with Crippen molar-refractivity contribution in [1.29, 1.82) is 0 Å². The van der Waals surface area contributed by atoms with Gasteiger partial charge in [-0.1, -0.05) is 17.7 Å². The molecule has 0 spiro atoms. The van der Waals surface area contributed by atoms with Gasteiger partial charge in [0.15, 0.2) is 0 Å². The Morgan fingerprint density at radius 3 is 2.36 bits per heavy atom. The summed E-state index contributed by atoms with van der Waals surface area (Å²) >= 11 is 10.9. The van der Waals surface area contributed by atoms with Gasteiger partial charge in [-0.3, -0.25) is 4.79 Å². The summed E-state index contributed by atoms with van der Waals surface area (Å²) in [5, 5.41) is 1.98. The maximum atomic E-state index is 10.6. The lowest BCUT2D eigenvalue weighted by Crippen LogP contribution is -2.40. The number of carbonyl (C=O) groups excluding carboxylic acids is 1. The fraction of sp³-hybridized carbons (Fsp3) is 0.167. The molecule has 1 N–H and O–H groups in total. The SMILES string of the molecule is Cl.O=C(Cl)C1(Cl)C=CC=CN1. The number of hydrogen-bond acceptors (Lipinski definition) is 2. The first-order chi connectivity index (χ1) is 4.65. The first-order valence-corrected chi connectivity index (χ1v) is 3.42. The molecule has 0 fully saturated rings. The van der Waals surface area contributed by atoms with Crippen LogP contribution in [0.15, 0.2) is 24.4 Å². The van der Waals surface area contributed by atoms with Gasteiger partial charge in [0.05, 0.1) is 0 Å². The predicted octanol–water partition coefficient (Wildman–Crippen LogP) is 1.78. The van der Waals surface area contributed by atoms with Gasteiger partial charge in [-0.25, -0.2) is 0 Å². The second-order valence-corrected chi connectivity index (χ2v) is 2.79. The summed E-state index contributed by atoms with van der Waals surface area (Å²) in [5.74, 6) is 0. The minimum atomic E-state index is -1.24. The van der Waals surface area contributed by atoms with Gasteiger partial charge in [-0.15, -0.1) is 12.4 Å². The highest BCUT2D eigenvalue weighted by molar-refractivity contribution is 6.71. The zero-order valence-corrected chi connectivity index (χ0v) is 7.71. The molecule has 11 heavy (non-hydrogen) atoms. The topological polar surface area (TPSA) is 29.1 Å². The van der Waals surface area contributed by atoms with Crippen LogP contribution in [0.3, 0.4) is 0 Å². The largest absolute Gasteiger partial charge is 0.363 e. The summed E-state index contributed by atoms with van der Waals surface area (Å²) in [7, 11) is 0. The number of alkyl halides is 1. The molecule has 0 aliphatic carbocycles. The van der Waals surface area contributed by atoms with Crippen LogP contribution in [0.1, 0.15) is 0 Å². The van der Waals surface area contributed by atoms with E-state index in [1.54, 1.807) is 18.4 Å². The van der Waals surface area contributed by atoms with Crippen LogP contribution in [-0.4, -0.2) is 10.2 Å². The van der Waals surface area contributed by atoms with Crippen molar-refractivity contribution in [2.24, 2.45) is 0 Å². The number of nitrogens with one attached hydrogen (secondary N) is 1. The summed E-state index contributed by atoms with van der Waals surface area (Å²) in [6, 6.07) is 0. The number of carbonyl (C=O) groups is 1. The average molecular weight is 214 g/mol. The van der Waals surface area contributed by atoms with Crippen molar-refractivity contribution >= 4 is 40.9 Å². The van der Waals surface area contributed by atoms with Gasteiger partial charge in [-0.2, -0.15) is 0 Å². The summed E-state index contributed by atoms with van der Waals surface area (Å²) < 4.78 is 0. The lowest BCUT2D eigenvalue weighted by Gasteiger charge is -2.20. The minimum absolute atomic E-state index is 0. The second-order valence-electron chi connectivity index (χ2n) is 1.85. The van der Waals surface area contributed by atoms with Crippen molar-refractivity contribution in [3.8, 4) is 0 Å². The summed E-state index contributed by atoms with van der Waals surface area (Å²) in [6.07, 6.45) is 6.43. The van der Waals surface area contributed by atoms with Crippen LogP contribution < -0.4 is 5.32 Å². The molecule has 1 heterocycles. The molecule has 0 saturated carbocycles. The molecule has 0 saturated heterocycles. The van der Waals surface area contributed by atoms with Crippen molar-refractivity contribution in [3.05, 3.63) is 24.4 Å². The number of dihydropyridines is 1. The molecule has 2 nitrogen and oxygen atoms in total. The Morgan fingerprint density at radius 2 is 2.09 bits per heavy atom. The van der Waals surface area contributed by atoms with Crippen LogP contribution >= 0.6 is 35.6 Å². The standard InChI is InChI=1S/C6H5Cl2NO.ClH/c7-5(10)6(8)3-1-2-4-9-6;/h1-4,9H;1H. The number of allylic oxidation sites excluding steroid dienone is 2. The number of hydrogen-bond donors (Lipinski definition) is 1. The molecule has 0 bridgehead atoms. The van der Waals surface area contributed by atoms with Crippen LogP contribution in [-0.2, 0) is 4.79 Å². The van der Waals surface area contributed by atoms with Crippen molar-refractivity contribution < 1.29 is 4.79 Å². The Morgan fingerprint density at radius 1 is 1.45 bits per heavy atom. The highest BCUT2D eigenvalue weighted by atomic mass is 35.5. The van der Waals surface area contributed by atoms with Gasteiger partial charge >= 0.3 is 0 Å². The summed E-state index contributed by atoms with van der Waals surface area (Å²) in [5.41, 5.74) is 0. The molecule has 0 aromatic rings. The van der Waals surface area contributed by atoms with Gasteiger partial charge in [0.25, 0.3) is 5.24 Å². The molecule has 1 aliphatic heterocycles. The van der Waals surface area contributed by atoms with Crippen LogP contribution in [0, 0.1) is 0 Å². The van der Waals surface area contributed by atoms with E-state index in [1.165, 1.54) is 6.08 Å². The number of halogens is 3. The van der Waals surface area contributed by atoms with E-state index in [0.717, 1.165) is 0 Å². The first-order valence-electron chi connectivity index (χ1n) is 2.66. The van der Waals surface area contributed by atoms with E-state index in [2.05, 4.69) is 5.32 Å². The van der Waals surface area contributed by atoms with Crippen molar-refractivity contribution in [2.45, 2.75) is 5.00 Å². The normalized spacial score (nSPS) is 27.1. The van der Waals surface area contributed by atoms with Crippen molar-refractivity contribution in [3.63, 3.8) is 0 Å². The third-order valence-electron chi connectivity index (χ3n) is 1.11. The molecule has 62 valence electrons. The molecule has 0 aromatic carbocycles. The van der Waals surface area contributed by atoms with Gasteiger partial charge in [0.1, 0.15) is 0 Å². The molecule has 0 amide bonds. The average Bonchev–Trinajstić information content (AvgIpc) is 1.89. The van der Waals surface area contributed by atoms with Gasteiger partial charge in [0.2, 0.25) is 5.00 Å². The van der Waals surface area contributed by atoms with E-state index in [-0.39, 0.29) is 12.4 Å². The molecule has 5 heteroatoms. The molecule has 1 rings (SSSR count). The van der Waals surface area contributed by atoms with Crippen LogP contribution in [0.25, 0.3) is 0 Å². The first kappa shape index (κ1) is 10.8. The number of rotatable bonds is 1. The van der Waals surface area contributed by atoms with Gasteiger partial charge in [-0.05, 0) is 30.0 Å². The van der Waals surface area contributed by atoms with E-state index in [1.807, 2.05) is 0 Å². The van der Waals surface area contributed by atoms with E-state index in [0.29, 0.717) is 0 Å². The van der Waals surface area contributed by atoms with E-state index in [4.69, 9.17) is 23.2 Å². The van der Waals surface area contributed by atoms with E-state index >= 15 is 0 Å². The maximum absolute atomic E-state index is 10.6. The highest BCUT2D eigenvalue weighted by Gasteiger charge is 2.30. The lowest BCUT2D eigenvalue weighted by molar-refractivity contribution is -0.113. The second kappa shape index (κ2) is 4.00. The monoisotopic (exact) mass is 213 g/mol. The van der Waals surface area contributed by atoms with Gasteiger partial charge in [0, 0.05) is 0 Å². The predicted molar refractivity (Wildman–Crippen MR) is 48.1 cm³/mol. The molecule has 1 atom stereocenters. The summed E-state index contributed by atoms with van der Waals surface area (Å²) in [6.45, 7) is 0. The molecule has 1 unspecified atom stereocenters. The molecule has 0 radical (unpaired) electrons. The minimum Gasteiger partial charge on any atom is -0.363 e. The zero-order valence-electron chi connectivity index (χ0n) is 5.38. The zero-order chi connectivity index (χ0) is 7.61. The summed E-state index contributed by atoms with van der Waals surface area (Å²) in [4.78, 5) is 9.37. The molecular formula is C6H6Cl3NO. The van der Waals surface area contributed by atoms with Gasteiger partial charge < -0.3 is 5.32 Å². The molecular weight excluding hydrogens is 208 g/mol. The Bertz CT molecular complexity index is 214. The Labute approximate surface area is 80.6 Å². The lowest BCUT2D eigenvalue weighted by atomic mass is 10.2. The Balaban J connectivity index is 0.000001000. The van der Waals surface area contributed by atoms with Crippen LogP contribution in [0.4, 0.5) is 0 Å². The maximum Gasteiger partial charge on any atom is 0.266 e. The highest BCUT2D eigenvalue weighted by Crippen LogP contribution is 2.19. The van der Waals surface area contributed by atoms with E-state index in [9.17, 15) is 4.79 Å². The van der Waals surface area contributed by atoms with Crippen LogP contribution in [0.5, 0.6) is 0 Å². The third kappa shape index (κ3) is 2.40. The molecule has 1 aliphatic rings. The van der Waals surface area contributed by atoms with E-state index < -0.39 is 10.2 Å². The molecule has 0 aromatic heterocycles.